The van der Waals surface area contributed by atoms with Crippen molar-refractivity contribution in [3.63, 3.8) is 0 Å². The molecule has 15 heavy (non-hydrogen) atoms. The zero-order valence-corrected chi connectivity index (χ0v) is 11.1. The molecule has 0 bridgehead atoms. The Morgan fingerprint density at radius 2 is 1.20 bits per heavy atom. The van der Waals surface area contributed by atoms with Gasteiger partial charge in [-0.3, -0.25) is 0 Å². The molecule has 0 spiro atoms. The smallest absolute Gasteiger partial charge is 0.206 e. The van der Waals surface area contributed by atoms with Crippen molar-refractivity contribution in [1.29, 1.82) is 0 Å². The third-order valence-electron chi connectivity index (χ3n) is 4.23. The summed E-state index contributed by atoms with van der Waals surface area (Å²) in [5.74, 6) is -2.57. The molecule has 0 aromatic carbocycles. The van der Waals surface area contributed by atoms with E-state index in [9.17, 15) is 8.78 Å². The average molecular weight is 220 g/mol. The lowest BCUT2D eigenvalue weighted by Crippen LogP contribution is -2.40. The second-order valence-electron chi connectivity index (χ2n) is 5.64. The van der Waals surface area contributed by atoms with Crippen molar-refractivity contribution >= 4 is 0 Å². The second kappa shape index (κ2) is 4.80. The largest absolute Gasteiger partial charge is 0.253 e. The van der Waals surface area contributed by atoms with Gasteiger partial charge in [0.25, 0.3) is 5.92 Å². The van der Waals surface area contributed by atoms with E-state index in [1.54, 1.807) is 13.8 Å². The van der Waals surface area contributed by atoms with Crippen LogP contribution in [0, 0.1) is 10.8 Å². The van der Waals surface area contributed by atoms with Gasteiger partial charge in [-0.15, -0.1) is 0 Å². The first-order valence-electron chi connectivity index (χ1n) is 6.02. The van der Waals surface area contributed by atoms with Crippen LogP contribution < -0.4 is 0 Å². The van der Waals surface area contributed by atoms with Crippen molar-refractivity contribution in [3.8, 4) is 0 Å². The second-order valence-corrected chi connectivity index (χ2v) is 5.64. The van der Waals surface area contributed by atoms with Gasteiger partial charge in [0.05, 0.1) is 0 Å². The van der Waals surface area contributed by atoms with Crippen LogP contribution >= 0.6 is 0 Å². The van der Waals surface area contributed by atoms with Crippen molar-refractivity contribution < 1.29 is 8.78 Å². The summed E-state index contributed by atoms with van der Waals surface area (Å²) in [4.78, 5) is 0. The molecule has 0 aliphatic carbocycles. The van der Waals surface area contributed by atoms with Crippen LogP contribution in [-0.4, -0.2) is 5.92 Å². The van der Waals surface area contributed by atoms with Gasteiger partial charge in [-0.25, -0.2) is 8.78 Å². The van der Waals surface area contributed by atoms with Gasteiger partial charge < -0.3 is 0 Å². The van der Waals surface area contributed by atoms with Crippen LogP contribution in [-0.2, 0) is 0 Å². The molecule has 0 N–H and O–H groups in total. The van der Waals surface area contributed by atoms with E-state index in [4.69, 9.17) is 0 Å². The van der Waals surface area contributed by atoms with E-state index in [2.05, 4.69) is 0 Å². The molecule has 0 aliphatic rings. The Balaban J connectivity index is 4.76. The SMILES string of the molecule is CCC(C)(CC)CC(F)(F)C(C)(C)CC. The van der Waals surface area contributed by atoms with Gasteiger partial charge >= 0.3 is 0 Å². The molecule has 0 atom stereocenters. The summed E-state index contributed by atoms with van der Waals surface area (Å²) in [6.45, 7) is 11.1. The Morgan fingerprint density at radius 1 is 0.800 bits per heavy atom. The predicted molar refractivity (Wildman–Crippen MR) is 62.3 cm³/mol. The number of hydrogen-bond donors (Lipinski definition) is 0. The highest BCUT2D eigenvalue weighted by Crippen LogP contribution is 2.48. The summed E-state index contributed by atoms with van der Waals surface area (Å²) < 4.78 is 28.1. The summed E-state index contributed by atoms with van der Waals surface area (Å²) >= 11 is 0. The minimum Gasteiger partial charge on any atom is -0.206 e. The Bertz CT molecular complexity index is 191. The van der Waals surface area contributed by atoms with Crippen LogP contribution in [0.2, 0.25) is 0 Å². The minimum atomic E-state index is -2.57. The van der Waals surface area contributed by atoms with Crippen molar-refractivity contribution in [1.82, 2.24) is 0 Å². The number of halogens is 2. The first-order valence-corrected chi connectivity index (χ1v) is 6.02. The predicted octanol–water partition coefficient (Wildman–Crippen LogP) is 5.27. The summed E-state index contributed by atoms with van der Waals surface area (Å²) in [5, 5.41) is 0. The highest BCUT2D eigenvalue weighted by molar-refractivity contribution is 4.89. The molecule has 92 valence electrons. The van der Waals surface area contributed by atoms with E-state index in [0.717, 1.165) is 12.8 Å². The quantitative estimate of drug-likeness (QED) is 0.571. The molecule has 0 amide bonds. The molecule has 0 aliphatic heterocycles. The zero-order valence-electron chi connectivity index (χ0n) is 11.1. The van der Waals surface area contributed by atoms with Gasteiger partial charge in [-0.2, -0.15) is 0 Å². The molecule has 0 aromatic rings. The zero-order chi connectivity index (χ0) is 12.3. The van der Waals surface area contributed by atoms with Crippen molar-refractivity contribution in [2.45, 2.75) is 73.1 Å². The van der Waals surface area contributed by atoms with E-state index in [1.165, 1.54) is 0 Å². The van der Waals surface area contributed by atoms with Crippen LogP contribution in [0.4, 0.5) is 8.78 Å². The molecule has 0 unspecified atom stereocenters. The maximum atomic E-state index is 14.1. The molecule has 2 heteroatoms. The number of alkyl halides is 2. The van der Waals surface area contributed by atoms with E-state index in [0.29, 0.717) is 6.42 Å². The first-order chi connectivity index (χ1) is 6.64. The van der Waals surface area contributed by atoms with Gasteiger partial charge in [0.2, 0.25) is 0 Å². The van der Waals surface area contributed by atoms with Crippen LogP contribution in [0.15, 0.2) is 0 Å². The van der Waals surface area contributed by atoms with Crippen LogP contribution in [0.3, 0.4) is 0 Å². The molecule has 0 fully saturated rings. The Kier molecular flexibility index (Phi) is 4.75. The molecule has 0 aromatic heterocycles. The average Bonchev–Trinajstić information content (AvgIpc) is 2.16. The number of rotatable bonds is 6. The lowest BCUT2D eigenvalue weighted by atomic mass is 9.71. The van der Waals surface area contributed by atoms with E-state index < -0.39 is 11.3 Å². The highest BCUT2D eigenvalue weighted by Gasteiger charge is 2.48. The molecule has 0 saturated carbocycles. The van der Waals surface area contributed by atoms with E-state index in [1.807, 2.05) is 27.7 Å². The highest BCUT2D eigenvalue weighted by atomic mass is 19.3. The standard InChI is InChI=1S/C13H26F2/c1-7-11(4,5)13(14,15)10-12(6,8-2)9-3/h7-10H2,1-6H3. The van der Waals surface area contributed by atoms with Gasteiger partial charge in [0.1, 0.15) is 0 Å². The van der Waals surface area contributed by atoms with E-state index in [-0.39, 0.29) is 11.8 Å². The Hall–Kier alpha value is -0.140. The van der Waals surface area contributed by atoms with Gasteiger partial charge in [0.15, 0.2) is 0 Å². The van der Waals surface area contributed by atoms with Gasteiger partial charge in [0, 0.05) is 11.8 Å². The summed E-state index contributed by atoms with van der Waals surface area (Å²) in [6.07, 6.45) is 2.16. The third kappa shape index (κ3) is 3.42. The molecule has 0 heterocycles. The fourth-order valence-corrected chi connectivity index (χ4v) is 1.53. The summed E-state index contributed by atoms with van der Waals surface area (Å²) in [7, 11) is 0. The Labute approximate surface area is 93.4 Å². The van der Waals surface area contributed by atoms with E-state index >= 15 is 0 Å². The number of hydrogen-bond acceptors (Lipinski definition) is 0. The Morgan fingerprint density at radius 3 is 1.47 bits per heavy atom. The van der Waals surface area contributed by atoms with Gasteiger partial charge in [-0.1, -0.05) is 54.4 Å². The maximum Gasteiger partial charge on any atom is 0.253 e. The third-order valence-corrected chi connectivity index (χ3v) is 4.23. The summed E-state index contributed by atoms with van der Waals surface area (Å²) in [6, 6.07) is 0. The monoisotopic (exact) mass is 220 g/mol. The molecule has 0 rings (SSSR count). The van der Waals surface area contributed by atoms with Crippen LogP contribution in [0.5, 0.6) is 0 Å². The van der Waals surface area contributed by atoms with Gasteiger partial charge in [-0.05, 0) is 11.8 Å². The topological polar surface area (TPSA) is 0 Å². The van der Waals surface area contributed by atoms with Crippen molar-refractivity contribution in [2.24, 2.45) is 10.8 Å². The lowest BCUT2D eigenvalue weighted by Gasteiger charge is -2.39. The fraction of sp³-hybridized carbons (Fsp3) is 1.00. The molecule has 0 saturated heterocycles. The first kappa shape index (κ1) is 14.9. The lowest BCUT2D eigenvalue weighted by molar-refractivity contribution is -0.136. The maximum absolute atomic E-state index is 14.1. The minimum absolute atomic E-state index is 0.00778. The fourth-order valence-electron chi connectivity index (χ4n) is 1.53. The van der Waals surface area contributed by atoms with Crippen molar-refractivity contribution in [2.75, 3.05) is 0 Å². The van der Waals surface area contributed by atoms with Crippen LogP contribution in [0.25, 0.3) is 0 Å². The van der Waals surface area contributed by atoms with Crippen molar-refractivity contribution in [3.05, 3.63) is 0 Å². The molecule has 0 radical (unpaired) electrons. The van der Waals surface area contributed by atoms with Crippen LogP contribution in [0.1, 0.15) is 67.2 Å². The molecular formula is C13H26F2. The summed E-state index contributed by atoms with van der Waals surface area (Å²) in [5.41, 5.74) is -1.12. The molecular weight excluding hydrogens is 194 g/mol. The molecule has 0 nitrogen and oxygen atoms in total. The normalized spacial score (nSPS) is 14.4.